The SMILES string of the molecule is CC(C)C(C1=CC=C(C(F)(F)F)CCC1)=C1N(C)C(c2ccc(C(F)(F)F)c3c2C3)=CC(=O)N1N. The number of allylic oxidation sites excluding steroid dienone is 5. The lowest BCUT2D eigenvalue weighted by Gasteiger charge is -2.38. The summed E-state index contributed by atoms with van der Waals surface area (Å²) < 4.78 is 79.5. The van der Waals surface area contributed by atoms with Crippen LogP contribution in [0.4, 0.5) is 26.3 Å². The number of alkyl halides is 6. The minimum atomic E-state index is -4.46. The fourth-order valence-electron chi connectivity index (χ4n) is 4.82. The zero-order chi connectivity index (χ0) is 25.9. The molecule has 188 valence electrons. The van der Waals surface area contributed by atoms with Crippen molar-refractivity contribution >= 4 is 11.6 Å². The summed E-state index contributed by atoms with van der Waals surface area (Å²) >= 11 is 0. The van der Waals surface area contributed by atoms with E-state index in [0.717, 1.165) is 17.2 Å². The van der Waals surface area contributed by atoms with Gasteiger partial charge in [0, 0.05) is 29.8 Å². The van der Waals surface area contributed by atoms with Gasteiger partial charge in [-0.3, -0.25) is 4.79 Å². The van der Waals surface area contributed by atoms with Crippen molar-refractivity contribution in [2.75, 3.05) is 7.05 Å². The first kappa shape index (κ1) is 25.1. The van der Waals surface area contributed by atoms with Crippen molar-refractivity contribution in [3.8, 4) is 0 Å². The van der Waals surface area contributed by atoms with Crippen molar-refractivity contribution in [1.82, 2.24) is 9.91 Å². The molecule has 0 atom stereocenters. The van der Waals surface area contributed by atoms with Crippen molar-refractivity contribution in [3.05, 3.63) is 75.2 Å². The van der Waals surface area contributed by atoms with Crippen LogP contribution < -0.4 is 5.84 Å². The highest BCUT2D eigenvalue weighted by Crippen LogP contribution is 2.46. The number of hydrogen-bond donors (Lipinski definition) is 1. The Morgan fingerprint density at radius 2 is 1.69 bits per heavy atom. The number of nitrogens with two attached hydrogens (primary N) is 1. The topological polar surface area (TPSA) is 49.6 Å². The Morgan fingerprint density at radius 1 is 1.00 bits per heavy atom. The second kappa shape index (κ2) is 8.58. The van der Waals surface area contributed by atoms with Crippen molar-refractivity contribution in [2.24, 2.45) is 11.8 Å². The molecule has 0 spiro atoms. The van der Waals surface area contributed by atoms with Gasteiger partial charge >= 0.3 is 12.4 Å². The number of rotatable bonds is 3. The van der Waals surface area contributed by atoms with E-state index in [4.69, 9.17) is 5.84 Å². The van der Waals surface area contributed by atoms with E-state index in [1.54, 1.807) is 11.9 Å². The molecule has 2 N–H and O–H groups in total. The smallest absolute Gasteiger partial charge is 0.329 e. The van der Waals surface area contributed by atoms with Crippen LogP contribution >= 0.6 is 0 Å². The second-order valence-corrected chi connectivity index (χ2v) is 9.22. The van der Waals surface area contributed by atoms with Gasteiger partial charge in [-0.25, -0.2) is 10.9 Å². The standard InChI is InChI=1S/C25H25F6N3O/c1-13(2)22(14-5-4-6-15(8-7-14)24(26,27)28)23-33(3)20(12-21(35)34(23)32)16-9-10-19(25(29,30)31)18-11-17(16)18/h7-10,12-13H,4-6,11,32H2,1-3H3. The minimum absolute atomic E-state index is 0.117. The first-order chi connectivity index (χ1) is 16.2. The Kier molecular flexibility index (Phi) is 6.15. The molecular weight excluding hydrogens is 472 g/mol. The van der Waals surface area contributed by atoms with E-state index >= 15 is 0 Å². The second-order valence-electron chi connectivity index (χ2n) is 9.22. The van der Waals surface area contributed by atoms with Gasteiger partial charge in [-0.05, 0) is 54.4 Å². The third-order valence-electron chi connectivity index (χ3n) is 6.55. The number of hydrazine groups is 1. The third kappa shape index (κ3) is 4.63. The molecule has 0 radical (unpaired) electrons. The maximum absolute atomic E-state index is 13.3. The lowest BCUT2D eigenvalue weighted by atomic mass is 9.90. The maximum atomic E-state index is 13.3. The molecule has 3 aliphatic rings. The zero-order valence-corrected chi connectivity index (χ0v) is 19.4. The van der Waals surface area contributed by atoms with E-state index in [9.17, 15) is 31.1 Å². The maximum Gasteiger partial charge on any atom is 0.416 e. The van der Waals surface area contributed by atoms with Crippen molar-refractivity contribution < 1.29 is 31.1 Å². The number of hydrogen-bond acceptors (Lipinski definition) is 3. The summed E-state index contributed by atoms with van der Waals surface area (Å²) in [6.07, 6.45) is -4.41. The summed E-state index contributed by atoms with van der Waals surface area (Å²) in [6, 6.07) is 2.37. The van der Waals surface area contributed by atoms with Crippen LogP contribution in [-0.4, -0.2) is 29.0 Å². The van der Waals surface area contributed by atoms with E-state index in [1.807, 2.05) is 13.8 Å². The van der Waals surface area contributed by atoms with Gasteiger partial charge in [0.1, 0.15) is 5.82 Å². The number of fused-ring (bicyclic) bond motifs is 1. The van der Waals surface area contributed by atoms with Crippen molar-refractivity contribution in [3.63, 3.8) is 0 Å². The van der Waals surface area contributed by atoms with Crippen LogP contribution in [-0.2, 0) is 17.4 Å². The Balaban J connectivity index is 1.81. The molecule has 0 saturated heterocycles. The Morgan fingerprint density at radius 3 is 2.29 bits per heavy atom. The monoisotopic (exact) mass is 497 g/mol. The number of carbonyl (C=O) groups is 1. The third-order valence-corrected chi connectivity index (χ3v) is 6.55. The highest BCUT2D eigenvalue weighted by atomic mass is 19.4. The molecule has 0 fully saturated rings. The Labute approximate surface area is 199 Å². The number of halogens is 6. The van der Waals surface area contributed by atoms with Crippen LogP contribution in [0.25, 0.3) is 5.70 Å². The van der Waals surface area contributed by atoms with E-state index in [2.05, 4.69) is 0 Å². The molecule has 35 heavy (non-hydrogen) atoms. The molecule has 0 bridgehead atoms. The van der Waals surface area contributed by atoms with Crippen LogP contribution in [0.3, 0.4) is 0 Å². The summed E-state index contributed by atoms with van der Waals surface area (Å²) in [5.74, 6) is 5.66. The highest BCUT2D eigenvalue weighted by Gasteiger charge is 2.41. The molecule has 0 aromatic heterocycles. The van der Waals surface area contributed by atoms with Crippen molar-refractivity contribution in [1.29, 1.82) is 0 Å². The number of nitrogens with zero attached hydrogens (tertiary/aromatic N) is 2. The largest absolute Gasteiger partial charge is 0.416 e. The summed E-state index contributed by atoms with van der Waals surface area (Å²) in [6.45, 7) is 3.71. The summed E-state index contributed by atoms with van der Waals surface area (Å²) in [7, 11) is 1.65. The van der Waals surface area contributed by atoms with Crippen LogP contribution in [0.1, 0.15) is 55.4 Å². The summed E-state index contributed by atoms with van der Waals surface area (Å²) in [4.78, 5) is 14.5. The molecular formula is C25H25F6N3O. The fraction of sp³-hybridized carbons (Fsp3) is 0.400. The van der Waals surface area contributed by atoms with E-state index < -0.39 is 29.4 Å². The normalized spacial score (nSPS) is 20.3. The quantitative estimate of drug-likeness (QED) is 0.318. The average Bonchev–Trinajstić information content (AvgIpc) is 3.55. The van der Waals surface area contributed by atoms with Gasteiger partial charge in [-0.15, -0.1) is 0 Å². The van der Waals surface area contributed by atoms with Gasteiger partial charge < -0.3 is 4.90 Å². The number of carbonyl (C=O) groups excluding carboxylic acids is 1. The van der Waals surface area contributed by atoms with E-state index in [-0.39, 0.29) is 30.7 Å². The first-order valence-electron chi connectivity index (χ1n) is 11.2. The Hall–Kier alpha value is -3.01. The van der Waals surface area contributed by atoms with Gasteiger partial charge in [0.25, 0.3) is 5.91 Å². The fourth-order valence-corrected chi connectivity index (χ4v) is 4.82. The van der Waals surface area contributed by atoms with Crippen LogP contribution in [0, 0.1) is 5.92 Å². The van der Waals surface area contributed by atoms with E-state index in [0.29, 0.717) is 40.2 Å². The van der Waals surface area contributed by atoms with Crippen LogP contribution in [0.5, 0.6) is 0 Å². The molecule has 2 aliphatic carbocycles. The summed E-state index contributed by atoms with van der Waals surface area (Å²) in [5.41, 5.74) is 1.57. The predicted molar refractivity (Wildman–Crippen MR) is 119 cm³/mol. The van der Waals surface area contributed by atoms with Gasteiger partial charge in [-0.2, -0.15) is 26.3 Å². The number of amides is 1. The molecule has 1 heterocycles. The first-order valence-corrected chi connectivity index (χ1v) is 11.2. The van der Waals surface area contributed by atoms with Gasteiger partial charge in [0.15, 0.2) is 0 Å². The molecule has 1 aromatic carbocycles. The lowest BCUT2D eigenvalue weighted by Crippen LogP contribution is -2.46. The molecule has 0 saturated carbocycles. The molecule has 4 rings (SSSR count). The molecule has 1 aromatic rings. The Bertz CT molecular complexity index is 1200. The molecule has 10 heteroatoms. The van der Waals surface area contributed by atoms with Gasteiger partial charge in [0.2, 0.25) is 0 Å². The minimum Gasteiger partial charge on any atom is -0.329 e. The predicted octanol–water partition coefficient (Wildman–Crippen LogP) is 6.06. The number of benzene rings is 1. The summed E-state index contributed by atoms with van der Waals surface area (Å²) in [5, 5.41) is 0.946. The zero-order valence-electron chi connectivity index (χ0n) is 19.4. The van der Waals surface area contributed by atoms with Crippen LogP contribution in [0.15, 0.2) is 52.9 Å². The van der Waals surface area contributed by atoms with E-state index in [1.165, 1.54) is 18.2 Å². The molecule has 4 nitrogen and oxygen atoms in total. The lowest BCUT2D eigenvalue weighted by molar-refractivity contribution is -0.137. The van der Waals surface area contributed by atoms with Crippen LogP contribution in [0.2, 0.25) is 0 Å². The van der Waals surface area contributed by atoms with Gasteiger partial charge in [-0.1, -0.05) is 32.1 Å². The van der Waals surface area contributed by atoms with Crippen molar-refractivity contribution in [2.45, 2.75) is 51.9 Å². The molecule has 1 aliphatic heterocycles. The average molecular weight is 497 g/mol. The molecule has 0 unspecified atom stereocenters. The molecule has 1 amide bonds. The van der Waals surface area contributed by atoms with Gasteiger partial charge in [0.05, 0.1) is 11.3 Å². The highest BCUT2D eigenvalue weighted by molar-refractivity contribution is 5.99.